The molecule has 3 aromatic rings. The number of carbonyl (C=O) groups is 1. The van der Waals surface area contributed by atoms with E-state index in [1.54, 1.807) is 18.6 Å². The van der Waals surface area contributed by atoms with Gasteiger partial charge in [0.2, 0.25) is 10.0 Å². The lowest BCUT2D eigenvalue weighted by molar-refractivity contribution is 0.0730. The van der Waals surface area contributed by atoms with Crippen LogP contribution in [0.3, 0.4) is 0 Å². The fraction of sp³-hybridized carbons (Fsp3) is 0.227. The molecule has 1 fully saturated rings. The molecular weight excluding hydrogens is 416 g/mol. The van der Waals surface area contributed by atoms with E-state index in [2.05, 4.69) is 15.3 Å². The van der Waals surface area contributed by atoms with Crippen molar-refractivity contribution in [2.75, 3.05) is 26.3 Å². The number of pyridine rings is 2. The van der Waals surface area contributed by atoms with Gasteiger partial charge in [-0.2, -0.15) is 4.31 Å². The molecular formula is C22H22N4O4S. The van der Waals surface area contributed by atoms with E-state index < -0.39 is 10.0 Å². The molecule has 1 amide bonds. The first kappa shape index (κ1) is 21.1. The number of benzene rings is 1. The zero-order chi connectivity index (χ0) is 21.7. The Bertz CT molecular complexity index is 1150. The van der Waals surface area contributed by atoms with Crippen molar-refractivity contribution < 1.29 is 17.9 Å². The number of nitrogens with zero attached hydrogens (tertiary/aromatic N) is 3. The second-order valence-corrected chi connectivity index (χ2v) is 8.91. The number of nitrogens with one attached hydrogen (secondary N) is 1. The Morgan fingerprint density at radius 3 is 2.42 bits per heavy atom. The van der Waals surface area contributed by atoms with Crippen LogP contribution in [-0.2, 0) is 21.3 Å². The summed E-state index contributed by atoms with van der Waals surface area (Å²) in [5, 5.41) is 2.88. The second-order valence-electron chi connectivity index (χ2n) is 6.97. The summed E-state index contributed by atoms with van der Waals surface area (Å²) in [7, 11) is -3.59. The number of aromatic nitrogens is 2. The zero-order valence-corrected chi connectivity index (χ0v) is 17.6. The van der Waals surface area contributed by atoms with Crippen LogP contribution in [0.1, 0.15) is 15.9 Å². The summed E-state index contributed by atoms with van der Waals surface area (Å²) < 4.78 is 32.0. The van der Waals surface area contributed by atoms with E-state index in [-0.39, 0.29) is 17.3 Å². The van der Waals surface area contributed by atoms with Crippen LogP contribution < -0.4 is 5.32 Å². The number of hydrogen-bond donors (Lipinski definition) is 1. The Labute approximate surface area is 181 Å². The Kier molecular flexibility index (Phi) is 6.36. The summed E-state index contributed by atoms with van der Waals surface area (Å²) in [6.45, 7) is 1.72. The van der Waals surface area contributed by atoms with Gasteiger partial charge in [-0.05, 0) is 48.0 Å². The molecule has 0 unspecified atom stereocenters. The van der Waals surface area contributed by atoms with Crippen LogP contribution in [0.5, 0.6) is 0 Å². The van der Waals surface area contributed by atoms with Gasteiger partial charge in [0, 0.05) is 49.4 Å². The molecule has 1 aromatic carbocycles. The Morgan fingerprint density at radius 2 is 1.71 bits per heavy atom. The number of morpholine rings is 1. The van der Waals surface area contributed by atoms with Gasteiger partial charge in [-0.25, -0.2) is 8.42 Å². The molecule has 0 spiro atoms. The van der Waals surface area contributed by atoms with Gasteiger partial charge in [-0.1, -0.05) is 6.07 Å². The van der Waals surface area contributed by atoms with Crippen molar-refractivity contribution >= 4 is 15.9 Å². The first-order valence-corrected chi connectivity index (χ1v) is 11.3. The van der Waals surface area contributed by atoms with Gasteiger partial charge in [0.05, 0.1) is 23.8 Å². The maximum absolute atomic E-state index is 12.7. The van der Waals surface area contributed by atoms with Crippen molar-refractivity contribution in [2.45, 2.75) is 11.4 Å². The molecule has 0 bridgehead atoms. The lowest BCUT2D eigenvalue weighted by Gasteiger charge is -2.26. The predicted molar refractivity (Wildman–Crippen MR) is 115 cm³/mol. The molecule has 3 heterocycles. The molecule has 0 aliphatic carbocycles. The minimum Gasteiger partial charge on any atom is -0.379 e. The van der Waals surface area contributed by atoms with E-state index in [1.807, 2.05) is 24.3 Å². The summed E-state index contributed by atoms with van der Waals surface area (Å²) >= 11 is 0. The third kappa shape index (κ3) is 4.79. The summed E-state index contributed by atoms with van der Waals surface area (Å²) in [6.07, 6.45) is 5.09. The van der Waals surface area contributed by atoms with E-state index in [4.69, 9.17) is 4.74 Å². The third-order valence-corrected chi connectivity index (χ3v) is 6.92. The molecule has 1 N–H and O–H groups in total. The smallest absolute Gasteiger partial charge is 0.251 e. The highest BCUT2D eigenvalue weighted by Gasteiger charge is 2.26. The van der Waals surface area contributed by atoms with Crippen LogP contribution in [0.4, 0.5) is 0 Å². The van der Waals surface area contributed by atoms with Crippen LogP contribution >= 0.6 is 0 Å². The lowest BCUT2D eigenvalue weighted by atomic mass is 10.1. The highest BCUT2D eigenvalue weighted by Crippen LogP contribution is 2.21. The van der Waals surface area contributed by atoms with Crippen LogP contribution in [0.25, 0.3) is 11.3 Å². The number of hydrogen-bond acceptors (Lipinski definition) is 6. The fourth-order valence-electron chi connectivity index (χ4n) is 3.34. The van der Waals surface area contributed by atoms with Crippen molar-refractivity contribution in [3.8, 4) is 11.3 Å². The topological polar surface area (TPSA) is 101 Å². The number of sulfonamides is 1. The third-order valence-electron chi connectivity index (χ3n) is 5.01. The fourth-order valence-corrected chi connectivity index (χ4v) is 4.75. The second kappa shape index (κ2) is 9.34. The van der Waals surface area contributed by atoms with Crippen LogP contribution in [-0.4, -0.2) is 54.9 Å². The van der Waals surface area contributed by atoms with E-state index >= 15 is 0 Å². The molecule has 160 valence electrons. The molecule has 1 aliphatic rings. The molecule has 2 aromatic heterocycles. The molecule has 4 rings (SSSR count). The van der Waals surface area contributed by atoms with E-state index in [0.29, 0.717) is 31.9 Å². The van der Waals surface area contributed by atoms with Gasteiger partial charge in [0.25, 0.3) is 5.91 Å². The SMILES string of the molecule is O=C(NCc1cccnc1-c1ccncc1)c1ccc(S(=O)(=O)N2CCOCC2)cc1. The van der Waals surface area contributed by atoms with Crippen LogP contribution in [0, 0.1) is 0 Å². The Morgan fingerprint density at radius 1 is 1.00 bits per heavy atom. The molecule has 8 nitrogen and oxygen atoms in total. The average Bonchev–Trinajstić information content (AvgIpc) is 2.84. The lowest BCUT2D eigenvalue weighted by Crippen LogP contribution is -2.40. The van der Waals surface area contributed by atoms with Gasteiger partial charge >= 0.3 is 0 Å². The van der Waals surface area contributed by atoms with Crippen molar-refractivity contribution in [2.24, 2.45) is 0 Å². The molecule has 1 aliphatic heterocycles. The molecule has 31 heavy (non-hydrogen) atoms. The van der Waals surface area contributed by atoms with E-state index in [0.717, 1.165) is 16.8 Å². The summed E-state index contributed by atoms with van der Waals surface area (Å²) in [6, 6.07) is 13.4. The minimum atomic E-state index is -3.59. The minimum absolute atomic E-state index is 0.165. The van der Waals surface area contributed by atoms with Gasteiger partial charge in [0.1, 0.15) is 0 Å². The van der Waals surface area contributed by atoms with Gasteiger partial charge < -0.3 is 10.1 Å². The van der Waals surface area contributed by atoms with E-state index in [9.17, 15) is 13.2 Å². The van der Waals surface area contributed by atoms with Crippen molar-refractivity contribution in [3.05, 3.63) is 78.2 Å². The van der Waals surface area contributed by atoms with Crippen LogP contribution in [0.15, 0.2) is 72.0 Å². The number of rotatable bonds is 6. The normalized spacial score (nSPS) is 14.8. The monoisotopic (exact) mass is 438 g/mol. The van der Waals surface area contributed by atoms with Gasteiger partial charge in [-0.3, -0.25) is 14.8 Å². The van der Waals surface area contributed by atoms with Crippen molar-refractivity contribution in [1.29, 1.82) is 0 Å². The summed E-state index contributed by atoms with van der Waals surface area (Å²) in [4.78, 5) is 21.2. The maximum atomic E-state index is 12.7. The highest BCUT2D eigenvalue weighted by atomic mass is 32.2. The Balaban J connectivity index is 1.45. The number of amides is 1. The number of carbonyl (C=O) groups excluding carboxylic acids is 1. The average molecular weight is 439 g/mol. The predicted octanol–water partition coefficient (Wildman–Crippen LogP) is 2.09. The summed E-state index contributed by atoms with van der Waals surface area (Å²) in [5.74, 6) is -0.292. The molecule has 1 saturated heterocycles. The van der Waals surface area contributed by atoms with Crippen LogP contribution in [0.2, 0.25) is 0 Å². The first-order chi connectivity index (χ1) is 15.1. The quantitative estimate of drug-likeness (QED) is 0.632. The molecule has 0 atom stereocenters. The van der Waals surface area contributed by atoms with Gasteiger partial charge in [-0.15, -0.1) is 0 Å². The molecule has 0 radical (unpaired) electrons. The standard InChI is InChI=1S/C22H22N4O4S/c27-22(25-16-19-2-1-9-24-21(19)17-7-10-23-11-8-17)18-3-5-20(6-4-18)31(28,29)26-12-14-30-15-13-26/h1-11H,12-16H2,(H,25,27). The number of ether oxygens (including phenoxy) is 1. The first-order valence-electron chi connectivity index (χ1n) is 9.86. The molecule has 0 saturated carbocycles. The highest BCUT2D eigenvalue weighted by molar-refractivity contribution is 7.89. The zero-order valence-electron chi connectivity index (χ0n) is 16.8. The van der Waals surface area contributed by atoms with E-state index in [1.165, 1.54) is 28.6 Å². The maximum Gasteiger partial charge on any atom is 0.251 e. The van der Waals surface area contributed by atoms with Gasteiger partial charge in [0.15, 0.2) is 0 Å². The Hall–Kier alpha value is -3.14. The largest absolute Gasteiger partial charge is 0.379 e. The van der Waals surface area contributed by atoms with Crippen molar-refractivity contribution in [3.63, 3.8) is 0 Å². The molecule has 9 heteroatoms. The summed E-state index contributed by atoms with van der Waals surface area (Å²) in [5.41, 5.74) is 2.94. The van der Waals surface area contributed by atoms with Crippen molar-refractivity contribution in [1.82, 2.24) is 19.6 Å².